The fourth-order valence-corrected chi connectivity index (χ4v) is 4.07. The molecule has 0 aromatic heterocycles. The van der Waals surface area contributed by atoms with Gasteiger partial charge in [-0.2, -0.15) is 0 Å². The van der Waals surface area contributed by atoms with E-state index in [1.807, 2.05) is 25.7 Å². The van der Waals surface area contributed by atoms with Gasteiger partial charge in [-0.1, -0.05) is 42.0 Å². The van der Waals surface area contributed by atoms with E-state index in [1.165, 1.54) is 11.1 Å². The minimum Gasteiger partial charge on any atom is -0.444 e. The Hall–Kier alpha value is -2.34. The van der Waals surface area contributed by atoms with Gasteiger partial charge in [0.15, 0.2) is 0 Å². The largest absolute Gasteiger partial charge is 0.444 e. The molecule has 170 valence electrons. The molecule has 6 heteroatoms. The first-order chi connectivity index (χ1) is 14.7. The van der Waals surface area contributed by atoms with Gasteiger partial charge in [0.1, 0.15) is 5.60 Å². The second kappa shape index (κ2) is 10.3. The number of piperazine rings is 1. The van der Waals surface area contributed by atoms with E-state index in [2.05, 4.69) is 48.2 Å². The van der Waals surface area contributed by atoms with Crippen LogP contribution in [0.15, 0.2) is 30.3 Å². The molecule has 2 heterocycles. The molecule has 2 fully saturated rings. The molecule has 0 aliphatic carbocycles. The first-order valence-electron chi connectivity index (χ1n) is 11.4. The van der Waals surface area contributed by atoms with Gasteiger partial charge in [-0.3, -0.25) is 9.69 Å². The highest BCUT2D eigenvalue weighted by Gasteiger charge is 2.28. The number of allylic oxidation sites excluding steroid dienone is 1. The summed E-state index contributed by atoms with van der Waals surface area (Å²) in [4.78, 5) is 30.8. The Balaban J connectivity index is 1.38. The van der Waals surface area contributed by atoms with Gasteiger partial charge in [0.2, 0.25) is 5.91 Å². The Bertz CT molecular complexity index is 783. The van der Waals surface area contributed by atoms with Gasteiger partial charge in [0.25, 0.3) is 0 Å². The van der Waals surface area contributed by atoms with E-state index in [1.54, 1.807) is 4.90 Å². The fraction of sp³-hybridized carbons (Fsp3) is 0.600. The van der Waals surface area contributed by atoms with Gasteiger partial charge in [0.05, 0.1) is 6.54 Å². The summed E-state index contributed by atoms with van der Waals surface area (Å²) in [6.45, 7) is 12.4. The average Bonchev–Trinajstić information content (AvgIpc) is 2.72. The standard InChI is InChI=1S/C25H37N3O3/c1-20-6-5-7-22(18-20)9-8-21-10-12-27(13-11-21)23(29)19-26-14-16-28(17-15-26)24(30)31-25(2,3)4/h5-9,18,21H,10-17,19H2,1-4H3/b9-8+. The smallest absolute Gasteiger partial charge is 0.410 e. The van der Waals surface area contributed by atoms with Crippen molar-refractivity contribution in [1.29, 1.82) is 0 Å². The number of ether oxygens (including phenoxy) is 1. The van der Waals surface area contributed by atoms with Crippen LogP contribution < -0.4 is 0 Å². The van der Waals surface area contributed by atoms with Crippen molar-refractivity contribution in [2.75, 3.05) is 45.8 Å². The van der Waals surface area contributed by atoms with Crippen LogP contribution in [0, 0.1) is 12.8 Å². The normalized spacial score (nSPS) is 19.1. The highest BCUT2D eigenvalue weighted by Crippen LogP contribution is 2.20. The van der Waals surface area contributed by atoms with Gasteiger partial charge in [0, 0.05) is 39.3 Å². The molecule has 0 unspecified atom stereocenters. The molecule has 0 atom stereocenters. The van der Waals surface area contributed by atoms with Crippen molar-refractivity contribution < 1.29 is 14.3 Å². The number of aryl methyl sites for hydroxylation is 1. The zero-order valence-electron chi connectivity index (χ0n) is 19.5. The molecule has 31 heavy (non-hydrogen) atoms. The highest BCUT2D eigenvalue weighted by atomic mass is 16.6. The monoisotopic (exact) mass is 427 g/mol. The summed E-state index contributed by atoms with van der Waals surface area (Å²) in [6, 6.07) is 8.52. The lowest BCUT2D eigenvalue weighted by Gasteiger charge is -2.37. The summed E-state index contributed by atoms with van der Waals surface area (Å²) in [5.41, 5.74) is 2.03. The van der Waals surface area contributed by atoms with E-state index in [4.69, 9.17) is 4.74 Å². The minimum absolute atomic E-state index is 0.201. The van der Waals surface area contributed by atoms with Crippen LogP contribution in [0.5, 0.6) is 0 Å². The third-order valence-corrected chi connectivity index (χ3v) is 5.88. The first kappa shape index (κ1) is 23.3. The van der Waals surface area contributed by atoms with Crippen molar-refractivity contribution in [3.05, 3.63) is 41.5 Å². The van der Waals surface area contributed by atoms with E-state index < -0.39 is 5.60 Å². The molecule has 0 N–H and O–H groups in total. The van der Waals surface area contributed by atoms with E-state index in [0.717, 1.165) is 25.9 Å². The molecule has 0 bridgehead atoms. The Morgan fingerprint density at radius 3 is 2.32 bits per heavy atom. The van der Waals surface area contributed by atoms with Crippen LogP contribution in [0.3, 0.4) is 0 Å². The number of carbonyl (C=O) groups is 2. The zero-order valence-corrected chi connectivity index (χ0v) is 19.5. The van der Waals surface area contributed by atoms with Crippen molar-refractivity contribution in [2.24, 2.45) is 5.92 Å². The molecular formula is C25H37N3O3. The Morgan fingerprint density at radius 1 is 1.03 bits per heavy atom. The molecule has 0 radical (unpaired) electrons. The van der Waals surface area contributed by atoms with Gasteiger partial charge < -0.3 is 14.5 Å². The zero-order chi connectivity index (χ0) is 22.4. The lowest BCUT2D eigenvalue weighted by molar-refractivity contribution is -0.134. The number of nitrogens with zero attached hydrogens (tertiary/aromatic N) is 3. The second-order valence-electron chi connectivity index (χ2n) is 9.74. The molecule has 2 saturated heterocycles. The molecule has 0 spiro atoms. The predicted molar refractivity (Wildman–Crippen MR) is 124 cm³/mol. The molecule has 1 aromatic carbocycles. The number of amides is 2. The molecule has 2 aliphatic heterocycles. The van der Waals surface area contributed by atoms with Gasteiger partial charge in [-0.15, -0.1) is 0 Å². The van der Waals surface area contributed by atoms with Crippen LogP contribution in [-0.4, -0.2) is 78.1 Å². The number of hydrogen-bond donors (Lipinski definition) is 0. The molecular weight excluding hydrogens is 390 g/mol. The Kier molecular flexibility index (Phi) is 7.76. The molecule has 0 saturated carbocycles. The van der Waals surface area contributed by atoms with E-state index in [9.17, 15) is 9.59 Å². The van der Waals surface area contributed by atoms with Crippen LogP contribution in [0.25, 0.3) is 6.08 Å². The Labute approximate surface area is 186 Å². The summed E-state index contributed by atoms with van der Waals surface area (Å²) in [7, 11) is 0. The molecule has 2 amide bonds. The topological polar surface area (TPSA) is 53.1 Å². The van der Waals surface area contributed by atoms with Crippen LogP contribution in [0.2, 0.25) is 0 Å². The molecule has 2 aliphatic rings. The highest BCUT2D eigenvalue weighted by molar-refractivity contribution is 5.78. The predicted octanol–water partition coefficient (Wildman–Crippen LogP) is 3.80. The van der Waals surface area contributed by atoms with Gasteiger partial charge >= 0.3 is 6.09 Å². The maximum Gasteiger partial charge on any atom is 0.410 e. The summed E-state index contributed by atoms with van der Waals surface area (Å²) >= 11 is 0. The fourth-order valence-electron chi connectivity index (χ4n) is 4.07. The van der Waals surface area contributed by atoms with Crippen molar-refractivity contribution >= 4 is 18.1 Å². The van der Waals surface area contributed by atoms with Gasteiger partial charge in [-0.05, 0) is 52.0 Å². The third kappa shape index (κ3) is 7.39. The van der Waals surface area contributed by atoms with Crippen LogP contribution in [0.4, 0.5) is 4.79 Å². The number of rotatable bonds is 4. The molecule has 6 nitrogen and oxygen atoms in total. The van der Waals surface area contributed by atoms with Crippen LogP contribution in [0.1, 0.15) is 44.7 Å². The number of likely N-dealkylation sites (tertiary alicyclic amines) is 1. The van der Waals surface area contributed by atoms with E-state index in [-0.39, 0.29) is 12.0 Å². The summed E-state index contributed by atoms with van der Waals surface area (Å²) < 4.78 is 5.44. The maximum atomic E-state index is 12.8. The summed E-state index contributed by atoms with van der Waals surface area (Å²) in [6.07, 6.45) is 6.27. The second-order valence-corrected chi connectivity index (χ2v) is 9.74. The lowest BCUT2D eigenvalue weighted by Crippen LogP contribution is -2.53. The van der Waals surface area contributed by atoms with Crippen molar-refractivity contribution in [3.63, 3.8) is 0 Å². The number of piperidine rings is 1. The Morgan fingerprint density at radius 2 is 1.71 bits per heavy atom. The maximum absolute atomic E-state index is 12.8. The first-order valence-corrected chi connectivity index (χ1v) is 11.4. The van der Waals surface area contributed by atoms with Gasteiger partial charge in [-0.25, -0.2) is 4.79 Å². The SMILES string of the molecule is Cc1cccc(/C=C/C2CCN(C(=O)CN3CCN(C(=O)OC(C)(C)C)CC3)CC2)c1. The number of carbonyl (C=O) groups excluding carboxylic acids is 2. The van der Waals surface area contributed by atoms with Crippen molar-refractivity contribution in [3.8, 4) is 0 Å². The van der Waals surface area contributed by atoms with Crippen LogP contribution in [-0.2, 0) is 9.53 Å². The molecule has 3 rings (SSSR count). The third-order valence-electron chi connectivity index (χ3n) is 5.88. The minimum atomic E-state index is -0.481. The lowest BCUT2D eigenvalue weighted by atomic mass is 9.95. The summed E-state index contributed by atoms with van der Waals surface area (Å²) in [5.74, 6) is 0.730. The summed E-state index contributed by atoms with van der Waals surface area (Å²) in [5, 5.41) is 0. The quantitative estimate of drug-likeness (QED) is 0.733. The van der Waals surface area contributed by atoms with Crippen molar-refractivity contribution in [2.45, 2.75) is 46.1 Å². The van der Waals surface area contributed by atoms with Crippen molar-refractivity contribution in [1.82, 2.24) is 14.7 Å². The molecule has 1 aromatic rings. The number of benzene rings is 1. The average molecular weight is 428 g/mol. The van der Waals surface area contributed by atoms with E-state index >= 15 is 0 Å². The van der Waals surface area contributed by atoms with Crippen LogP contribution >= 0.6 is 0 Å². The van der Waals surface area contributed by atoms with E-state index in [0.29, 0.717) is 38.6 Å². The number of hydrogen-bond acceptors (Lipinski definition) is 4.